The maximum absolute atomic E-state index is 13.0. The zero-order chi connectivity index (χ0) is 21.5. The fourth-order valence-electron chi connectivity index (χ4n) is 3.40. The summed E-state index contributed by atoms with van der Waals surface area (Å²) in [7, 11) is 0. The molecule has 0 atom stereocenters. The van der Waals surface area contributed by atoms with Gasteiger partial charge in [0.1, 0.15) is 0 Å². The Morgan fingerprint density at radius 2 is 1.70 bits per heavy atom. The smallest absolute Gasteiger partial charge is 0.252 e. The molecule has 6 nitrogen and oxygen atoms in total. The van der Waals surface area contributed by atoms with Gasteiger partial charge in [-0.1, -0.05) is 44.2 Å². The number of anilines is 1. The van der Waals surface area contributed by atoms with E-state index >= 15 is 0 Å². The average Bonchev–Trinajstić information content (AvgIpc) is 2.76. The van der Waals surface area contributed by atoms with Crippen LogP contribution < -0.4 is 10.6 Å². The Balaban J connectivity index is 1.89. The standard InChI is InChI=1S/C24H28N4O2/c1-4-28(5-2)15-14-25-24(30)21-16-23(27-22-9-7-6-8-20(21)22)18-10-12-19(13-11-18)26-17(3)29/h6-13,16H,4-5,14-15H2,1-3H3,(H,25,30)(H,26,29). The first-order valence-electron chi connectivity index (χ1n) is 10.3. The minimum absolute atomic E-state index is 0.100. The molecule has 0 aliphatic heterocycles. The van der Waals surface area contributed by atoms with Crippen molar-refractivity contribution < 1.29 is 9.59 Å². The van der Waals surface area contributed by atoms with Crippen LogP contribution in [0.2, 0.25) is 0 Å². The van der Waals surface area contributed by atoms with Gasteiger partial charge in [-0.05, 0) is 37.4 Å². The Kier molecular flexibility index (Phi) is 7.14. The lowest BCUT2D eigenvalue weighted by atomic mass is 10.0. The van der Waals surface area contributed by atoms with Gasteiger partial charge in [-0.25, -0.2) is 4.98 Å². The normalized spacial score (nSPS) is 10.9. The van der Waals surface area contributed by atoms with E-state index in [1.807, 2.05) is 54.6 Å². The summed E-state index contributed by atoms with van der Waals surface area (Å²) in [6, 6.07) is 17.0. The van der Waals surface area contributed by atoms with Crippen molar-refractivity contribution in [2.45, 2.75) is 20.8 Å². The molecule has 0 spiro atoms. The molecule has 2 N–H and O–H groups in total. The Labute approximate surface area is 177 Å². The highest BCUT2D eigenvalue weighted by Crippen LogP contribution is 2.26. The van der Waals surface area contributed by atoms with Gasteiger partial charge in [0.05, 0.1) is 16.8 Å². The number of carbonyl (C=O) groups is 2. The number of benzene rings is 2. The summed E-state index contributed by atoms with van der Waals surface area (Å²) in [6.07, 6.45) is 0. The van der Waals surface area contributed by atoms with Crippen LogP contribution in [0, 0.1) is 0 Å². The number of hydrogen-bond acceptors (Lipinski definition) is 4. The number of aromatic nitrogens is 1. The summed E-state index contributed by atoms with van der Waals surface area (Å²) in [5, 5.41) is 6.63. The summed E-state index contributed by atoms with van der Waals surface area (Å²) in [6.45, 7) is 9.05. The Morgan fingerprint density at radius 1 is 1.00 bits per heavy atom. The number of hydrogen-bond donors (Lipinski definition) is 2. The van der Waals surface area contributed by atoms with Gasteiger partial charge in [0.25, 0.3) is 5.91 Å². The third-order valence-corrected chi connectivity index (χ3v) is 5.07. The molecule has 30 heavy (non-hydrogen) atoms. The van der Waals surface area contributed by atoms with E-state index in [2.05, 4.69) is 29.4 Å². The molecule has 0 unspecified atom stereocenters. The number of pyridine rings is 1. The van der Waals surface area contributed by atoms with Crippen molar-refractivity contribution in [3.63, 3.8) is 0 Å². The minimum atomic E-state index is -0.116. The van der Waals surface area contributed by atoms with Crippen molar-refractivity contribution in [3.05, 3.63) is 60.2 Å². The first-order chi connectivity index (χ1) is 14.5. The molecular weight excluding hydrogens is 376 g/mol. The summed E-state index contributed by atoms with van der Waals surface area (Å²) in [4.78, 5) is 31.2. The summed E-state index contributed by atoms with van der Waals surface area (Å²) < 4.78 is 0. The number of rotatable bonds is 8. The van der Waals surface area contributed by atoms with E-state index in [-0.39, 0.29) is 11.8 Å². The lowest BCUT2D eigenvalue weighted by molar-refractivity contribution is -0.114. The fourth-order valence-corrected chi connectivity index (χ4v) is 3.40. The molecule has 0 bridgehead atoms. The lowest BCUT2D eigenvalue weighted by Gasteiger charge is -2.18. The fraction of sp³-hybridized carbons (Fsp3) is 0.292. The molecule has 2 aromatic carbocycles. The van der Waals surface area contributed by atoms with Crippen LogP contribution in [0.25, 0.3) is 22.2 Å². The Bertz CT molecular complexity index is 1030. The quantitative estimate of drug-likeness (QED) is 0.597. The van der Waals surface area contributed by atoms with Crippen LogP contribution in [0.5, 0.6) is 0 Å². The van der Waals surface area contributed by atoms with Gasteiger partial charge in [0.15, 0.2) is 0 Å². The summed E-state index contributed by atoms with van der Waals surface area (Å²) in [5.41, 5.74) is 3.71. The van der Waals surface area contributed by atoms with Crippen molar-refractivity contribution in [1.82, 2.24) is 15.2 Å². The largest absolute Gasteiger partial charge is 0.351 e. The number of carbonyl (C=O) groups excluding carboxylic acids is 2. The van der Waals surface area contributed by atoms with Crippen molar-refractivity contribution in [3.8, 4) is 11.3 Å². The van der Waals surface area contributed by atoms with Gasteiger partial charge in [0.2, 0.25) is 5.91 Å². The van der Waals surface area contributed by atoms with E-state index in [1.54, 1.807) is 0 Å². The predicted octanol–water partition coefficient (Wildman–Crippen LogP) is 3.93. The van der Waals surface area contributed by atoms with Gasteiger partial charge in [0, 0.05) is 36.7 Å². The molecular formula is C24H28N4O2. The van der Waals surface area contributed by atoms with Crippen LogP contribution in [0.3, 0.4) is 0 Å². The molecule has 0 saturated heterocycles. The molecule has 1 aromatic heterocycles. The third kappa shape index (κ3) is 5.21. The van der Waals surface area contributed by atoms with Crippen LogP contribution in [0.1, 0.15) is 31.1 Å². The number of nitrogens with zero attached hydrogens (tertiary/aromatic N) is 2. The first-order valence-corrected chi connectivity index (χ1v) is 10.3. The van der Waals surface area contributed by atoms with E-state index in [4.69, 9.17) is 4.98 Å². The van der Waals surface area contributed by atoms with Gasteiger partial charge in [-0.3, -0.25) is 9.59 Å². The van der Waals surface area contributed by atoms with Gasteiger partial charge >= 0.3 is 0 Å². The lowest BCUT2D eigenvalue weighted by Crippen LogP contribution is -2.34. The number of nitrogens with one attached hydrogen (secondary N) is 2. The number of amides is 2. The SMILES string of the molecule is CCN(CC)CCNC(=O)c1cc(-c2ccc(NC(C)=O)cc2)nc2ccccc12. The monoisotopic (exact) mass is 404 g/mol. The van der Waals surface area contributed by atoms with Crippen LogP contribution in [-0.4, -0.2) is 47.9 Å². The molecule has 3 rings (SSSR count). The highest BCUT2D eigenvalue weighted by molar-refractivity contribution is 6.07. The van der Waals surface area contributed by atoms with Crippen molar-refractivity contribution >= 4 is 28.4 Å². The number of para-hydroxylation sites is 1. The molecule has 2 amide bonds. The zero-order valence-corrected chi connectivity index (χ0v) is 17.7. The highest BCUT2D eigenvalue weighted by Gasteiger charge is 2.14. The average molecular weight is 405 g/mol. The summed E-state index contributed by atoms with van der Waals surface area (Å²) >= 11 is 0. The van der Waals surface area contributed by atoms with Crippen LogP contribution >= 0.6 is 0 Å². The third-order valence-electron chi connectivity index (χ3n) is 5.07. The number of likely N-dealkylation sites (N-methyl/N-ethyl adjacent to an activating group) is 1. The van der Waals surface area contributed by atoms with Gasteiger partial charge < -0.3 is 15.5 Å². The van der Waals surface area contributed by atoms with Crippen LogP contribution in [0.4, 0.5) is 5.69 Å². The Hall–Kier alpha value is -3.25. The minimum Gasteiger partial charge on any atom is -0.351 e. The second-order valence-corrected chi connectivity index (χ2v) is 7.11. The Morgan fingerprint density at radius 3 is 2.37 bits per heavy atom. The number of fused-ring (bicyclic) bond motifs is 1. The van der Waals surface area contributed by atoms with E-state index in [0.717, 1.165) is 47.5 Å². The molecule has 6 heteroatoms. The maximum atomic E-state index is 13.0. The molecule has 1 heterocycles. The van der Waals surface area contributed by atoms with Crippen LogP contribution in [-0.2, 0) is 4.79 Å². The molecule has 0 radical (unpaired) electrons. The van der Waals surface area contributed by atoms with E-state index in [0.29, 0.717) is 12.1 Å². The molecule has 3 aromatic rings. The second kappa shape index (κ2) is 9.98. The second-order valence-electron chi connectivity index (χ2n) is 7.11. The zero-order valence-electron chi connectivity index (χ0n) is 17.7. The van der Waals surface area contributed by atoms with Crippen LogP contribution in [0.15, 0.2) is 54.6 Å². The molecule has 156 valence electrons. The first kappa shape index (κ1) is 21.5. The van der Waals surface area contributed by atoms with Gasteiger partial charge in [-0.15, -0.1) is 0 Å². The summed E-state index contributed by atoms with van der Waals surface area (Å²) in [5.74, 6) is -0.216. The van der Waals surface area contributed by atoms with E-state index in [9.17, 15) is 9.59 Å². The molecule has 0 aliphatic carbocycles. The van der Waals surface area contributed by atoms with Gasteiger partial charge in [-0.2, -0.15) is 0 Å². The van der Waals surface area contributed by atoms with Crippen molar-refractivity contribution in [2.75, 3.05) is 31.5 Å². The van der Waals surface area contributed by atoms with E-state index in [1.165, 1.54) is 6.92 Å². The van der Waals surface area contributed by atoms with Crippen molar-refractivity contribution in [1.29, 1.82) is 0 Å². The highest BCUT2D eigenvalue weighted by atomic mass is 16.2. The van der Waals surface area contributed by atoms with Crippen molar-refractivity contribution in [2.24, 2.45) is 0 Å². The molecule has 0 aliphatic rings. The topological polar surface area (TPSA) is 74.3 Å². The van der Waals surface area contributed by atoms with E-state index < -0.39 is 0 Å². The molecule has 0 saturated carbocycles. The predicted molar refractivity (Wildman–Crippen MR) is 122 cm³/mol. The maximum Gasteiger partial charge on any atom is 0.252 e. The molecule has 0 fully saturated rings.